The molecule has 88 valence electrons. The second-order valence-electron chi connectivity index (χ2n) is 4.37. The van der Waals surface area contributed by atoms with Crippen molar-refractivity contribution in [3.63, 3.8) is 0 Å². The average molecular weight is 230 g/mol. The molecule has 0 aromatic heterocycles. The fourth-order valence-corrected chi connectivity index (χ4v) is 2.27. The number of carboxylic acid groups (broad SMARTS) is 1. The van der Waals surface area contributed by atoms with Crippen molar-refractivity contribution in [3.8, 4) is 6.07 Å². The van der Waals surface area contributed by atoms with Crippen LogP contribution in [0.5, 0.6) is 0 Å². The zero-order chi connectivity index (χ0) is 12.3. The summed E-state index contributed by atoms with van der Waals surface area (Å²) < 4.78 is 0. The summed E-state index contributed by atoms with van der Waals surface area (Å²) in [6.07, 6.45) is 1.40. The molecule has 2 rings (SSSR count). The maximum atomic E-state index is 10.8. The lowest BCUT2D eigenvalue weighted by Crippen LogP contribution is -2.29. The van der Waals surface area contributed by atoms with Crippen molar-refractivity contribution in [3.05, 3.63) is 35.4 Å². The molecular weight excluding hydrogens is 216 g/mol. The molecule has 2 N–H and O–H groups in total. The lowest BCUT2D eigenvalue weighted by atomic mass is 9.94. The predicted molar refractivity (Wildman–Crippen MR) is 62.4 cm³/mol. The van der Waals surface area contributed by atoms with Gasteiger partial charge in [-0.15, -0.1) is 0 Å². The lowest BCUT2D eigenvalue weighted by Gasteiger charge is -2.09. The summed E-state index contributed by atoms with van der Waals surface area (Å²) in [5.41, 5.74) is 1.69. The van der Waals surface area contributed by atoms with Crippen LogP contribution in [0.2, 0.25) is 0 Å². The normalized spacial score (nSPS) is 23.2. The highest BCUT2D eigenvalue weighted by atomic mass is 16.4. The van der Waals surface area contributed by atoms with Crippen LogP contribution in [0, 0.1) is 17.2 Å². The summed E-state index contributed by atoms with van der Waals surface area (Å²) in [5.74, 6) is -0.494. The number of nitrogens with zero attached hydrogens (tertiary/aromatic N) is 1. The van der Waals surface area contributed by atoms with Gasteiger partial charge in [0.15, 0.2) is 0 Å². The maximum absolute atomic E-state index is 10.8. The van der Waals surface area contributed by atoms with Crippen molar-refractivity contribution in [2.75, 3.05) is 6.54 Å². The average Bonchev–Trinajstić information content (AvgIpc) is 2.78. The van der Waals surface area contributed by atoms with E-state index in [4.69, 9.17) is 10.4 Å². The van der Waals surface area contributed by atoms with Gasteiger partial charge < -0.3 is 10.4 Å². The van der Waals surface area contributed by atoms with Crippen LogP contribution in [0.4, 0.5) is 0 Å². The third kappa shape index (κ3) is 2.63. The molecule has 1 aromatic rings. The first-order valence-corrected chi connectivity index (χ1v) is 5.65. The molecule has 0 radical (unpaired) electrons. The Hall–Kier alpha value is -1.86. The van der Waals surface area contributed by atoms with Gasteiger partial charge in [0.1, 0.15) is 6.04 Å². The number of aliphatic carboxylic acids is 1. The van der Waals surface area contributed by atoms with Crippen LogP contribution in [-0.4, -0.2) is 23.7 Å². The summed E-state index contributed by atoms with van der Waals surface area (Å²) in [5, 5.41) is 20.8. The maximum Gasteiger partial charge on any atom is 0.320 e. The highest BCUT2D eigenvalue weighted by molar-refractivity contribution is 5.73. The molecule has 0 aliphatic carbocycles. The van der Waals surface area contributed by atoms with Crippen molar-refractivity contribution in [2.45, 2.75) is 18.9 Å². The van der Waals surface area contributed by atoms with Crippen LogP contribution in [0.3, 0.4) is 0 Å². The number of rotatable bonds is 3. The number of hydrogen-bond donors (Lipinski definition) is 2. The van der Waals surface area contributed by atoms with Gasteiger partial charge >= 0.3 is 5.97 Å². The highest BCUT2D eigenvalue weighted by Crippen LogP contribution is 2.21. The molecule has 2 atom stereocenters. The van der Waals surface area contributed by atoms with Crippen molar-refractivity contribution in [1.29, 1.82) is 5.26 Å². The van der Waals surface area contributed by atoms with E-state index in [0.29, 0.717) is 24.4 Å². The molecule has 17 heavy (non-hydrogen) atoms. The van der Waals surface area contributed by atoms with E-state index in [-0.39, 0.29) is 0 Å². The topological polar surface area (TPSA) is 73.1 Å². The Labute approximate surface area is 99.9 Å². The lowest BCUT2D eigenvalue weighted by molar-refractivity contribution is -0.139. The predicted octanol–water partition coefficient (Wildman–Crippen LogP) is 1.16. The molecule has 0 spiro atoms. The van der Waals surface area contributed by atoms with E-state index >= 15 is 0 Å². The Kier molecular flexibility index (Phi) is 3.40. The Balaban J connectivity index is 2.03. The number of hydrogen-bond acceptors (Lipinski definition) is 3. The molecule has 4 heteroatoms. The first-order chi connectivity index (χ1) is 8.20. The largest absolute Gasteiger partial charge is 0.480 e. The van der Waals surface area contributed by atoms with Crippen molar-refractivity contribution in [2.24, 2.45) is 5.92 Å². The van der Waals surface area contributed by atoms with Crippen molar-refractivity contribution in [1.82, 2.24) is 5.32 Å². The summed E-state index contributed by atoms with van der Waals surface area (Å²) in [7, 11) is 0. The van der Waals surface area contributed by atoms with Gasteiger partial charge in [0.2, 0.25) is 0 Å². The van der Waals surface area contributed by atoms with Gasteiger partial charge in [0, 0.05) is 0 Å². The van der Waals surface area contributed by atoms with Crippen LogP contribution in [-0.2, 0) is 11.2 Å². The number of benzene rings is 1. The second kappa shape index (κ2) is 4.98. The molecule has 0 bridgehead atoms. The van der Waals surface area contributed by atoms with Crippen LogP contribution in [0.15, 0.2) is 24.3 Å². The summed E-state index contributed by atoms with van der Waals surface area (Å²) in [4.78, 5) is 10.8. The van der Waals surface area contributed by atoms with Gasteiger partial charge in [0.05, 0.1) is 11.6 Å². The highest BCUT2D eigenvalue weighted by Gasteiger charge is 2.29. The molecule has 4 nitrogen and oxygen atoms in total. The first kappa shape index (κ1) is 11.6. The van der Waals surface area contributed by atoms with E-state index in [2.05, 4.69) is 11.4 Å². The van der Waals surface area contributed by atoms with Gasteiger partial charge in [0.25, 0.3) is 0 Å². The van der Waals surface area contributed by atoms with Crippen LogP contribution < -0.4 is 5.32 Å². The van der Waals surface area contributed by atoms with Crippen molar-refractivity contribution >= 4 is 5.97 Å². The van der Waals surface area contributed by atoms with Gasteiger partial charge in [-0.3, -0.25) is 4.79 Å². The minimum atomic E-state index is -0.791. The summed E-state index contributed by atoms with van der Waals surface area (Å²) in [6.45, 7) is 0.705. The number of nitriles is 1. The first-order valence-electron chi connectivity index (χ1n) is 5.65. The van der Waals surface area contributed by atoms with E-state index in [0.717, 1.165) is 12.0 Å². The van der Waals surface area contributed by atoms with E-state index in [1.807, 2.05) is 18.2 Å². The zero-order valence-corrected chi connectivity index (χ0v) is 9.39. The van der Waals surface area contributed by atoms with Crippen LogP contribution in [0.1, 0.15) is 17.5 Å². The van der Waals surface area contributed by atoms with E-state index in [1.165, 1.54) is 0 Å². The number of nitrogens with one attached hydrogen (secondary N) is 1. The van der Waals surface area contributed by atoms with Crippen LogP contribution >= 0.6 is 0 Å². The Morgan fingerprint density at radius 3 is 2.94 bits per heavy atom. The molecule has 1 aliphatic heterocycles. The monoisotopic (exact) mass is 230 g/mol. The fraction of sp³-hybridized carbons (Fsp3) is 0.385. The quantitative estimate of drug-likeness (QED) is 0.817. The van der Waals surface area contributed by atoms with E-state index < -0.39 is 12.0 Å². The molecule has 2 unspecified atom stereocenters. The smallest absolute Gasteiger partial charge is 0.320 e. The minimum Gasteiger partial charge on any atom is -0.480 e. The fourth-order valence-electron chi connectivity index (χ4n) is 2.27. The molecular formula is C13H14N2O2. The third-order valence-electron chi connectivity index (χ3n) is 3.17. The number of carboxylic acids is 1. The number of carbonyl (C=O) groups is 1. The third-order valence-corrected chi connectivity index (χ3v) is 3.17. The molecule has 1 saturated heterocycles. The molecule has 1 heterocycles. The minimum absolute atomic E-state index is 0.297. The van der Waals surface area contributed by atoms with E-state index in [9.17, 15) is 4.79 Å². The second-order valence-corrected chi connectivity index (χ2v) is 4.37. The molecule has 0 amide bonds. The standard InChI is InChI=1S/C13H14N2O2/c14-7-11-4-2-1-3-10(11)5-9-6-12(13(16)17)15-8-9/h1-4,9,12,15H,5-6,8H2,(H,16,17). The molecule has 1 aliphatic rings. The molecule has 0 saturated carbocycles. The molecule has 1 fully saturated rings. The SMILES string of the molecule is N#Cc1ccccc1CC1CNC(C(=O)O)C1. The molecule has 1 aromatic carbocycles. The van der Waals surface area contributed by atoms with Gasteiger partial charge in [-0.1, -0.05) is 18.2 Å². The summed E-state index contributed by atoms with van der Waals surface area (Å²) >= 11 is 0. The van der Waals surface area contributed by atoms with E-state index in [1.54, 1.807) is 6.07 Å². The Morgan fingerprint density at radius 1 is 1.53 bits per heavy atom. The van der Waals surface area contributed by atoms with Gasteiger partial charge in [-0.25, -0.2) is 0 Å². The van der Waals surface area contributed by atoms with Crippen molar-refractivity contribution < 1.29 is 9.90 Å². The Morgan fingerprint density at radius 2 is 2.29 bits per heavy atom. The van der Waals surface area contributed by atoms with Gasteiger partial charge in [-0.2, -0.15) is 5.26 Å². The Bertz CT molecular complexity index is 465. The summed E-state index contributed by atoms with van der Waals surface area (Å²) in [6, 6.07) is 9.22. The van der Waals surface area contributed by atoms with Crippen LogP contribution in [0.25, 0.3) is 0 Å². The van der Waals surface area contributed by atoms with Gasteiger partial charge in [-0.05, 0) is 36.9 Å². The zero-order valence-electron chi connectivity index (χ0n) is 9.39.